The van der Waals surface area contributed by atoms with E-state index in [0.29, 0.717) is 17.6 Å². The molecule has 1 aliphatic carbocycles. The Kier molecular flexibility index (Phi) is 4.56. The molecule has 4 heteroatoms. The fourth-order valence-electron chi connectivity index (χ4n) is 2.78. The van der Waals surface area contributed by atoms with Gasteiger partial charge in [0.2, 0.25) is 5.91 Å². The normalized spacial score (nSPS) is 23.5. The lowest BCUT2D eigenvalue weighted by Crippen LogP contribution is -2.38. The summed E-state index contributed by atoms with van der Waals surface area (Å²) in [4.78, 5) is 13.5. The van der Waals surface area contributed by atoms with Crippen LogP contribution in [0, 0.1) is 0 Å². The number of carbonyl (C=O) groups is 1. The van der Waals surface area contributed by atoms with Crippen LogP contribution in [0.4, 0.5) is 0 Å². The highest BCUT2D eigenvalue weighted by Gasteiger charge is 2.21. The molecule has 1 amide bonds. The standard InChI is InChI=1S/C15H23N3O/c1-18(14-7-5-13(16)6-8-14)10-11-3-2-4-12(9-11)15(17)19/h2-4,9,13-14H,5-8,10,16H2,1H3,(H2,17,19). The van der Waals surface area contributed by atoms with Crippen LogP contribution in [0.3, 0.4) is 0 Å². The van der Waals surface area contributed by atoms with Crippen LogP contribution in [0.5, 0.6) is 0 Å². The van der Waals surface area contributed by atoms with Crippen molar-refractivity contribution in [3.05, 3.63) is 35.4 Å². The predicted octanol–water partition coefficient (Wildman–Crippen LogP) is 1.49. The van der Waals surface area contributed by atoms with E-state index in [4.69, 9.17) is 11.5 Å². The van der Waals surface area contributed by atoms with E-state index in [1.807, 2.05) is 18.2 Å². The highest BCUT2D eigenvalue weighted by atomic mass is 16.1. The van der Waals surface area contributed by atoms with E-state index < -0.39 is 0 Å². The van der Waals surface area contributed by atoms with E-state index in [9.17, 15) is 4.79 Å². The Morgan fingerprint density at radius 1 is 1.32 bits per heavy atom. The molecule has 4 nitrogen and oxygen atoms in total. The third-order valence-electron chi connectivity index (χ3n) is 4.01. The van der Waals surface area contributed by atoms with E-state index >= 15 is 0 Å². The van der Waals surface area contributed by atoms with Gasteiger partial charge in [-0.3, -0.25) is 9.69 Å². The molecular weight excluding hydrogens is 238 g/mol. The summed E-state index contributed by atoms with van der Waals surface area (Å²) in [5.41, 5.74) is 13.0. The maximum absolute atomic E-state index is 11.2. The summed E-state index contributed by atoms with van der Waals surface area (Å²) in [6, 6.07) is 8.54. The summed E-state index contributed by atoms with van der Waals surface area (Å²) in [7, 11) is 2.14. The number of amides is 1. The summed E-state index contributed by atoms with van der Waals surface area (Å²) in [6.07, 6.45) is 4.53. The van der Waals surface area contributed by atoms with Crippen LogP contribution in [0.25, 0.3) is 0 Å². The van der Waals surface area contributed by atoms with Crippen LogP contribution in [0.2, 0.25) is 0 Å². The molecule has 0 aliphatic heterocycles. The molecule has 1 saturated carbocycles. The van der Waals surface area contributed by atoms with Gasteiger partial charge in [0, 0.05) is 24.2 Å². The Bertz CT molecular complexity index is 439. The Labute approximate surface area is 114 Å². The first-order chi connectivity index (χ1) is 9.06. The zero-order valence-corrected chi connectivity index (χ0v) is 11.5. The second-order valence-corrected chi connectivity index (χ2v) is 5.55. The molecule has 0 unspecified atom stereocenters. The molecule has 4 N–H and O–H groups in total. The van der Waals surface area contributed by atoms with Crippen LogP contribution >= 0.6 is 0 Å². The number of benzene rings is 1. The molecule has 0 saturated heterocycles. The van der Waals surface area contributed by atoms with Gasteiger partial charge in [-0.15, -0.1) is 0 Å². The Morgan fingerprint density at radius 3 is 2.63 bits per heavy atom. The fourth-order valence-corrected chi connectivity index (χ4v) is 2.78. The van der Waals surface area contributed by atoms with Gasteiger partial charge in [-0.05, 0) is 50.4 Å². The van der Waals surface area contributed by atoms with Crippen LogP contribution in [0.15, 0.2) is 24.3 Å². The van der Waals surface area contributed by atoms with Crippen molar-refractivity contribution in [2.45, 2.75) is 44.3 Å². The minimum atomic E-state index is -0.367. The second-order valence-electron chi connectivity index (χ2n) is 5.55. The molecule has 1 aliphatic rings. The van der Waals surface area contributed by atoms with Crippen molar-refractivity contribution in [2.24, 2.45) is 11.5 Å². The molecule has 1 aromatic rings. The number of hydrogen-bond donors (Lipinski definition) is 2. The first kappa shape index (κ1) is 14.0. The highest BCUT2D eigenvalue weighted by molar-refractivity contribution is 5.92. The van der Waals surface area contributed by atoms with Gasteiger partial charge in [-0.1, -0.05) is 12.1 Å². The van der Waals surface area contributed by atoms with Gasteiger partial charge in [0.05, 0.1) is 0 Å². The molecule has 104 valence electrons. The third-order valence-corrected chi connectivity index (χ3v) is 4.01. The number of hydrogen-bond acceptors (Lipinski definition) is 3. The number of carbonyl (C=O) groups excluding carboxylic acids is 1. The first-order valence-corrected chi connectivity index (χ1v) is 6.91. The smallest absolute Gasteiger partial charge is 0.248 e. The highest BCUT2D eigenvalue weighted by Crippen LogP contribution is 2.22. The van der Waals surface area contributed by atoms with Crippen LogP contribution in [-0.4, -0.2) is 29.9 Å². The van der Waals surface area contributed by atoms with E-state index in [1.54, 1.807) is 6.07 Å². The first-order valence-electron chi connectivity index (χ1n) is 6.91. The molecular formula is C15H23N3O. The number of primary amides is 1. The van der Waals surface area contributed by atoms with Crippen molar-refractivity contribution in [2.75, 3.05) is 7.05 Å². The minimum Gasteiger partial charge on any atom is -0.366 e. The van der Waals surface area contributed by atoms with Crippen molar-refractivity contribution in [1.82, 2.24) is 4.90 Å². The summed E-state index contributed by atoms with van der Waals surface area (Å²) in [6.45, 7) is 0.848. The number of rotatable bonds is 4. The van der Waals surface area contributed by atoms with Gasteiger partial charge in [-0.2, -0.15) is 0 Å². The zero-order valence-electron chi connectivity index (χ0n) is 11.5. The molecule has 0 bridgehead atoms. The van der Waals surface area contributed by atoms with Gasteiger partial charge in [0.15, 0.2) is 0 Å². The minimum absolute atomic E-state index is 0.367. The van der Waals surface area contributed by atoms with Crippen molar-refractivity contribution >= 4 is 5.91 Å². The van der Waals surface area contributed by atoms with Gasteiger partial charge in [-0.25, -0.2) is 0 Å². The molecule has 1 aromatic carbocycles. The molecule has 1 fully saturated rings. The number of nitrogens with two attached hydrogens (primary N) is 2. The Morgan fingerprint density at radius 2 is 2.00 bits per heavy atom. The van der Waals surface area contributed by atoms with Gasteiger partial charge >= 0.3 is 0 Å². The van der Waals surface area contributed by atoms with Crippen molar-refractivity contribution in [3.63, 3.8) is 0 Å². The zero-order chi connectivity index (χ0) is 13.8. The largest absolute Gasteiger partial charge is 0.366 e. The quantitative estimate of drug-likeness (QED) is 0.862. The molecule has 0 heterocycles. The topological polar surface area (TPSA) is 72.3 Å². The molecule has 19 heavy (non-hydrogen) atoms. The average molecular weight is 261 g/mol. The summed E-state index contributed by atoms with van der Waals surface area (Å²) < 4.78 is 0. The van der Waals surface area contributed by atoms with Gasteiger partial charge in [0.1, 0.15) is 0 Å². The van der Waals surface area contributed by atoms with E-state index in [0.717, 1.165) is 37.8 Å². The van der Waals surface area contributed by atoms with Crippen LogP contribution in [0.1, 0.15) is 41.6 Å². The second kappa shape index (κ2) is 6.17. The van der Waals surface area contributed by atoms with Crippen molar-refractivity contribution in [3.8, 4) is 0 Å². The maximum atomic E-state index is 11.2. The Hall–Kier alpha value is -1.39. The van der Waals surface area contributed by atoms with Crippen LogP contribution < -0.4 is 11.5 Å². The lowest BCUT2D eigenvalue weighted by atomic mass is 9.91. The molecule has 0 atom stereocenters. The van der Waals surface area contributed by atoms with E-state index in [-0.39, 0.29) is 5.91 Å². The third kappa shape index (κ3) is 3.78. The predicted molar refractivity (Wildman–Crippen MR) is 76.7 cm³/mol. The summed E-state index contributed by atoms with van der Waals surface area (Å²) in [5.74, 6) is -0.367. The Balaban J connectivity index is 1.96. The maximum Gasteiger partial charge on any atom is 0.248 e. The van der Waals surface area contributed by atoms with Crippen molar-refractivity contribution in [1.29, 1.82) is 0 Å². The van der Waals surface area contributed by atoms with E-state index in [1.165, 1.54) is 0 Å². The molecule has 0 spiro atoms. The number of nitrogens with zero attached hydrogens (tertiary/aromatic N) is 1. The monoisotopic (exact) mass is 261 g/mol. The lowest BCUT2D eigenvalue weighted by molar-refractivity contribution is 0.1000. The van der Waals surface area contributed by atoms with Gasteiger partial charge < -0.3 is 11.5 Å². The lowest BCUT2D eigenvalue weighted by Gasteiger charge is -2.33. The fraction of sp³-hybridized carbons (Fsp3) is 0.533. The van der Waals surface area contributed by atoms with Gasteiger partial charge in [0.25, 0.3) is 0 Å². The van der Waals surface area contributed by atoms with Crippen LogP contribution in [-0.2, 0) is 6.54 Å². The van der Waals surface area contributed by atoms with E-state index in [2.05, 4.69) is 11.9 Å². The molecule has 0 radical (unpaired) electrons. The SMILES string of the molecule is CN(Cc1cccc(C(N)=O)c1)C1CCC(N)CC1. The summed E-state index contributed by atoms with van der Waals surface area (Å²) >= 11 is 0. The molecule has 0 aromatic heterocycles. The average Bonchev–Trinajstić information content (AvgIpc) is 2.39. The molecule has 2 rings (SSSR count). The summed E-state index contributed by atoms with van der Waals surface area (Å²) in [5, 5.41) is 0. The van der Waals surface area contributed by atoms with Crippen molar-refractivity contribution < 1.29 is 4.79 Å².